The Bertz CT molecular complexity index is 615. The van der Waals surface area contributed by atoms with Crippen LogP contribution < -0.4 is 0 Å². The Morgan fingerprint density at radius 2 is 2.16 bits per heavy atom. The number of allylic oxidation sites excluding steroid dienone is 1. The molecule has 138 valence electrons. The molecule has 0 bridgehead atoms. The zero-order chi connectivity index (χ0) is 17.7. The summed E-state index contributed by atoms with van der Waals surface area (Å²) in [5.74, 6) is 1.62. The van der Waals surface area contributed by atoms with Crippen molar-refractivity contribution in [2.45, 2.75) is 63.7 Å². The normalized spacial score (nSPS) is 20.4. The lowest BCUT2D eigenvalue weighted by atomic mass is 9.75. The van der Waals surface area contributed by atoms with Gasteiger partial charge >= 0.3 is 0 Å². The predicted octanol–water partition coefficient (Wildman–Crippen LogP) is 3.17. The number of methoxy groups -OCH3 is 1. The molecule has 0 N–H and O–H groups in total. The third kappa shape index (κ3) is 4.29. The second kappa shape index (κ2) is 8.13. The van der Waals surface area contributed by atoms with E-state index in [1.807, 2.05) is 11.8 Å². The highest BCUT2D eigenvalue weighted by Crippen LogP contribution is 2.37. The first kappa shape index (κ1) is 18.1. The fourth-order valence-electron chi connectivity index (χ4n) is 3.95. The molecular weight excluding hydrogens is 318 g/mol. The fraction of sp³-hybridized carbons (Fsp3) is 0.737. The monoisotopic (exact) mass is 347 g/mol. The van der Waals surface area contributed by atoms with Crippen molar-refractivity contribution < 1.29 is 14.1 Å². The number of carbonyl (C=O) groups excluding carboxylic acids is 1. The van der Waals surface area contributed by atoms with Crippen molar-refractivity contribution in [1.29, 1.82) is 0 Å². The van der Waals surface area contributed by atoms with Gasteiger partial charge in [-0.25, -0.2) is 0 Å². The van der Waals surface area contributed by atoms with Crippen LogP contribution in [0.2, 0.25) is 0 Å². The third-order valence-electron chi connectivity index (χ3n) is 5.62. The summed E-state index contributed by atoms with van der Waals surface area (Å²) in [6, 6.07) is 0. The molecule has 6 nitrogen and oxygen atoms in total. The average Bonchev–Trinajstić information content (AvgIpc) is 3.08. The first-order chi connectivity index (χ1) is 12.1. The maximum atomic E-state index is 12.6. The summed E-state index contributed by atoms with van der Waals surface area (Å²) < 4.78 is 10.5. The number of aryl methyl sites for hydroxylation is 1. The number of aromatic nitrogens is 2. The van der Waals surface area contributed by atoms with Gasteiger partial charge in [-0.3, -0.25) is 4.79 Å². The Hall–Kier alpha value is -1.69. The summed E-state index contributed by atoms with van der Waals surface area (Å²) in [7, 11) is 1.71. The smallest absolute Gasteiger partial charge is 0.226 e. The van der Waals surface area contributed by atoms with Gasteiger partial charge in [0.15, 0.2) is 5.82 Å². The summed E-state index contributed by atoms with van der Waals surface area (Å²) in [6.45, 7) is 3.98. The number of hydrogen-bond acceptors (Lipinski definition) is 5. The fourth-order valence-corrected chi connectivity index (χ4v) is 3.95. The number of ether oxygens (including phenoxy) is 1. The number of rotatable bonds is 6. The molecule has 0 aromatic carbocycles. The molecule has 0 unspecified atom stereocenters. The molecule has 1 aromatic heterocycles. The number of hydrogen-bond donors (Lipinski definition) is 0. The summed E-state index contributed by atoms with van der Waals surface area (Å²) in [6.07, 6.45) is 10.1. The van der Waals surface area contributed by atoms with Gasteiger partial charge in [-0.15, -0.1) is 0 Å². The van der Waals surface area contributed by atoms with Crippen molar-refractivity contribution in [3.05, 3.63) is 23.4 Å². The second-order valence-corrected chi connectivity index (χ2v) is 7.33. The van der Waals surface area contributed by atoms with E-state index in [1.165, 1.54) is 18.4 Å². The lowest BCUT2D eigenvalue weighted by molar-refractivity contribution is -0.132. The Balaban J connectivity index is 1.63. The molecule has 1 saturated heterocycles. The minimum absolute atomic E-state index is 0.144. The molecule has 1 fully saturated rings. The highest BCUT2D eigenvalue weighted by molar-refractivity contribution is 5.78. The zero-order valence-corrected chi connectivity index (χ0v) is 15.4. The van der Waals surface area contributed by atoms with Crippen LogP contribution in [0, 0.1) is 6.92 Å². The molecule has 6 heteroatoms. The molecule has 1 aliphatic carbocycles. The van der Waals surface area contributed by atoms with Gasteiger partial charge in [0.2, 0.25) is 11.8 Å². The Kier molecular flexibility index (Phi) is 5.89. The summed E-state index contributed by atoms with van der Waals surface area (Å²) >= 11 is 0. The highest BCUT2D eigenvalue weighted by atomic mass is 16.5. The van der Waals surface area contributed by atoms with E-state index in [1.54, 1.807) is 7.11 Å². The standard InChI is InChI=1S/C19H29N3O3/c1-15-20-18(21-25-15)19(10-13-24-2)8-11-22(12-9-19)17(23)14-16-6-4-3-5-7-16/h6H,3-5,7-14H2,1-2H3. The second-order valence-electron chi connectivity index (χ2n) is 7.33. The summed E-state index contributed by atoms with van der Waals surface area (Å²) in [5.41, 5.74) is 1.18. The molecule has 2 aliphatic rings. The van der Waals surface area contributed by atoms with Gasteiger partial charge in [-0.05, 0) is 44.9 Å². The largest absolute Gasteiger partial charge is 0.385 e. The number of likely N-dealkylation sites (tertiary alicyclic amines) is 1. The van der Waals surface area contributed by atoms with Crippen LogP contribution in [-0.4, -0.2) is 47.8 Å². The van der Waals surface area contributed by atoms with Crippen LogP contribution in [-0.2, 0) is 14.9 Å². The quantitative estimate of drug-likeness (QED) is 0.739. The Morgan fingerprint density at radius 1 is 1.36 bits per heavy atom. The van der Waals surface area contributed by atoms with Gasteiger partial charge in [0.25, 0.3) is 0 Å². The van der Waals surface area contributed by atoms with Crippen molar-refractivity contribution in [3.8, 4) is 0 Å². The summed E-state index contributed by atoms with van der Waals surface area (Å²) in [4.78, 5) is 19.1. The molecule has 1 amide bonds. The van der Waals surface area contributed by atoms with E-state index in [9.17, 15) is 4.79 Å². The first-order valence-electron chi connectivity index (χ1n) is 9.38. The minimum Gasteiger partial charge on any atom is -0.385 e. The van der Waals surface area contributed by atoms with Crippen molar-refractivity contribution in [2.24, 2.45) is 0 Å². The Labute approximate surface area is 149 Å². The predicted molar refractivity (Wildman–Crippen MR) is 94.2 cm³/mol. The average molecular weight is 347 g/mol. The molecule has 0 saturated carbocycles. The Morgan fingerprint density at radius 3 is 2.76 bits per heavy atom. The number of amides is 1. The lowest BCUT2D eigenvalue weighted by Gasteiger charge is -2.40. The molecule has 0 radical (unpaired) electrons. The lowest BCUT2D eigenvalue weighted by Crippen LogP contribution is -2.46. The molecule has 3 rings (SSSR count). The molecule has 1 aliphatic heterocycles. The van der Waals surface area contributed by atoms with Crippen molar-refractivity contribution in [3.63, 3.8) is 0 Å². The van der Waals surface area contributed by atoms with Crippen LogP contribution in [0.1, 0.15) is 63.1 Å². The maximum absolute atomic E-state index is 12.6. The van der Waals surface area contributed by atoms with Gasteiger partial charge in [0.1, 0.15) is 0 Å². The van der Waals surface area contributed by atoms with E-state index in [-0.39, 0.29) is 11.3 Å². The minimum atomic E-state index is -0.144. The van der Waals surface area contributed by atoms with Gasteiger partial charge in [-0.2, -0.15) is 4.98 Å². The maximum Gasteiger partial charge on any atom is 0.226 e. The van der Waals surface area contributed by atoms with Crippen LogP contribution in [0.3, 0.4) is 0 Å². The summed E-state index contributed by atoms with van der Waals surface area (Å²) in [5, 5.41) is 4.17. The van der Waals surface area contributed by atoms with E-state index in [0.717, 1.165) is 51.0 Å². The van der Waals surface area contributed by atoms with E-state index in [4.69, 9.17) is 9.26 Å². The van der Waals surface area contributed by atoms with Crippen LogP contribution in [0.5, 0.6) is 0 Å². The number of piperidine rings is 1. The van der Waals surface area contributed by atoms with Gasteiger partial charge in [0.05, 0.1) is 0 Å². The molecular formula is C19H29N3O3. The molecule has 25 heavy (non-hydrogen) atoms. The number of carbonyl (C=O) groups is 1. The first-order valence-corrected chi connectivity index (χ1v) is 9.38. The molecule has 0 atom stereocenters. The molecule has 2 heterocycles. The number of nitrogens with zero attached hydrogens (tertiary/aromatic N) is 3. The van der Waals surface area contributed by atoms with Gasteiger partial charge in [0, 0.05) is 45.6 Å². The van der Waals surface area contributed by atoms with Crippen LogP contribution in [0.25, 0.3) is 0 Å². The van der Waals surface area contributed by atoms with Gasteiger partial charge in [-0.1, -0.05) is 16.8 Å². The molecule has 1 aromatic rings. The van der Waals surface area contributed by atoms with Crippen molar-refractivity contribution in [1.82, 2.24) is 15.0 Å². The SMILES string of the molecule is COCCC1(c2noc(C)n2)CCN(C(=O)CC2=CCCCC2)CC1. The molecule has 0 spiro atoms. The third-order valence-corrected chi connectivity index (χ3v) is 5.62. The van der Waals surface area contributed by atoms with Crippen LogP contribution in [0.4, 0.5) is 0 Å². The van der Waals surface area contributed by atoms with Crippen LogP contribution >= 0.6 is 0 Å². The topological polar surface area (TPSA) is 68.5 Å². The van der Waals surface area contributed by atoms with E-state index in [0.29, 0.717) is 18.9 Å². The van der Waals surface area contributed by atoms with E-state index >= 15 is 0 Å². The van der Waals surface area contributed by atoms with Crippen molar-refractivity contribution >= 4 is 5.91 Å². The van der Waals surface area contributed by atoms with Gasteiger partial charge < -0.3 is 14.2 Å². The zero-order valence-electron chi connectivity index (χ0n) is 15.4. The van der Waals surface area contributed by atoms with E-state index in [2.05, 4.69) is 16.2 Å². The van der Waals surface area contributed by atoms with E-state index < -0.39 is 0 Å². The van der Waals surface area contributed by atoms with Crippen molar-refractivity contribution in [2.75, 3.05) is 26.8 Å². The van der Waals surface area contributed by atoms with Crippen LogP contribution in [0.15, 0.2) is 16.2 Å². The highest BCUT2D eigenvalue weighted by Gasteiger charge is 2.40.